The number of carboxylic acids is 2. The molecule has 2 aliphatic rings. The highest BCUT2D eigenvalue weighted by Crippen LogP contribution is 2.37. The number of hydrogen-bond acceptors (Lipinski definition) is 20. The summed E-state index contributed by atoms with van der Waals surface area (Å²) in [6, 6.07) is -1.83. The molecule has 0 aliphatic carbocycles. The molecule has 0 aromatic heterocycles. The molecule has 2 fully saturated rings. The van der Waals surface area contributed by atoms with E-state index in [9.17, 15) is 85.9 Å². The maximum absolute atomic E-state index is 12.5. The van der Waals surface area contributed by atoms with Crippen LogP contribution in [0.5, 0.6) is 0 Å². The van der Waals surface area contributed by atoms with E-state index in [1.54, 1.807) is 0 Å². The van der Waals surface area contributed by atoms with Crippen LogP contribution in [0.1, 0.15) is 19.8 Å². The van der Waals surface area contributed by atoms with Crippen molar-refractivity contribution in [3.63, 3.8) is 0 Å². The van der Waals surface area contributed by atoms with Gasteiger partial charge < -0.3 is 101 Å². The molecule has 2 saturated heterocycles. The zero-order chi connectivity index (χ0) is 37.6. The summed E-state index contributed by atoms with van der Waals surface area (Å²) in [7, 11) is 0. The Hall–Kier alpha value is -2.27. The first-order valence-corrected chi connectivity index (χ1v) is 14.8. The minimum absolute atomic E-state index is 0.906. The predicted octanol–water partition coefficient (Wildman–Crippen LogP) is -9.38. The fourth-order valence-corrected chi connectivity index (χ4v) is 5.30. The van der Waals surface area contributed by atoms with Crippen LogP contribution < -0.4 is 5.32 Å². The maximum Gasteiger partial charge on any atom is 0.364 e. The van der Waals surface area contributed by atoms with Gasteiger partial charge >= 0.3 is 11.9 Å². The maximum atomic E-state index is 12.5. The van der Waals surface area contributed by atoms with E-state index in [4.69, 9.17) is 24.1 Å². The normalized spacial score (nSPS) is 35.6. The number of ether oxygens (including phenoxy) is 4. The molecule has 0 saturated carbocycles. The van der Waals surface area contributed by atoms with Crippen molar-refractivity contribution < 1.29 is 110 Å². The van der Waals surface area contributed by atoms with Gasteiger partial charge in [0.25, 0.3) is 11.6 Å². The van der Waals surface area contributed by atoms with Crippen LogP contribution in [0.25, 0.3) is 0 Å². The number of nitrogens with one attached hydrogen (secondary N) is 1. The van der Waals surface area contributed by atoms with E-state index in [1.807, 2.05) is 0 Å². The van der Waals surface area contributed by atoms with Crippen LogP contribution in [0.2, 0.25) is 0 Å². The molecule has 23 heteroatoms. The fraction of sp³-hybridized carbons (Fsp3) is 0.885. The van der Waals surface area contributed by atoms with Crippen LogP contribution in [0.3, 0.4) is 0 Å². The van der Waals surface area contributed by atoms with E-state index in [2.05, 4.69) is 5.32 Å². The molecule has 2 rings (SSSR count). The topological polar surface area (TPSA) is 404 Å². The largest absolute Gasteiger partial charge is 0.477 e. The summed E-state index contributed by atoms with van der Waals surface area (Å²) in [6.45, 7) is -3.74. The second kappa shape index (κ2) is 17.8. The molecular formula is C26H45NO22. The molecule has 2 aliphatic heterocycles. The minimum atomic E-state index is -3.19. The van der Waals surface area contributed by atoms with Crippen molar-refractivity contribution in [1.82, 2.24) is 5.32 Å². The monoisotopic (exact) mass is 723 g/mol. The molecular weight excluding hydrogens is 678 g/mol. The third-order valence-corrected chi connectivity index (χ3v) is 8.08. The Morgan fingerprint density at radius 2 is 1.16 bits per heavy atom. The number of aliphatic carboxylic acids is 2. The number of hydrogen-bond donors (Lipinski definition) is 16. The molecule has 0 radical (unpaired) electrons. The molecule has 2 heterocycles. The van der Waals surface area contributed by atoms with Gasteiger partial charge in [0.05, 0.1) is 44.7 Å². The predicted molar refractivity (Wildman–Crippen MR) is 149 cm³/mol. The molecule has 286 valence electrons. The van der Waals surface area contributed by atoms with Crippen molar-refractivity contribution in [3.8, 4) is 0 Å². The Kier molecular flexibility index (Phi) is 15.6. The average Bonchev–Trinajstić information content (AvgIpc) is 3.05. The highest BCUT2D eigenvalue weighted by atomic mass is 16.7. The molecule has 49 heavy (non-hydrogen) atoms. The Balaban J connectivity index is 2.47. The van der Waals surface area contributed by atoms with Gasteiger partial charge in [-0.1, -0.05) is 0 Å². The summed E-state index contributed by atoms with van der Waals surface area (Å²) in [6.07, 6.45) is -30.4. The van der Waals surface area contributed by atoms with Crippen molar-refractivity contribution in [2.45, 2.75) is 117 Å². The van der Waals surface area contributed by atoms with Gasteiger partial charge in [-0.25, -0.2) is 9.59 Å². The van der Waals surface area contributed by atoms with Crippen molar-refractivity contribution >= 4 is 17.8 Å². The standard InChI is InChI=1S/C26H45NO22/c1-8(31)27-9(4-28)20(47-26(24(44)45)3-11(33)16(38)22(49-26)18(40)13(35)6-30)19(41)14(36)7-46-25(23(42)43)2-10(32)15(37)21(48-25)17(39)12(34)5-29/h9-22,28-30,32-41H,2-7H2,1H3,(H,27,31)(H,42,43)(H,44,45)/t9-,10-,11-,12+,13+,14+,15+,16+,17+,18+,19-,20+,21+,22+,25+,26+/m0/s1. The first-order chi connectivity index (χ1) is 22.7. The Morgan fingerprint density at radius 1 is 0.735 bits per heavy atom. The lowest BCUT2D eigenvalue weighted by atomic mass is 9.90. The fourth-order valence-electron chi connectivity index (χ4n) is 5.30. The van der Waals surface area contributed by atoms with E-state index in [-0.39, 0.29) is 0 Å². The van der Waals surface area contributed by atoms with Gasteiger partial charge in [-0.3, -0.25) is 4.79 Å². The number of rotatable bonds is 18. The number of aliphatic hydroxyl groups is 13. The molecule has 0 aromatic carbocycles. The quantitative estimate of drug-likeness (QED) is 0.0624. The van der Waals surface area contributed by atoms with Crippen LogP contribution in [0, 0.1) is 0 Å². The third kappa shape index (κ3) is 9.75. The molecule has 16 N–H and O–H groups in total. The van der Waals surface area contributed by atoms with Gasteiger partial charge in [0.2, 0.25) is 5.91 Å². The molecule has 0 bridgehead atoms. The third-order valence-electron chi connectivity index (χ3n) is 8.08. The Morgan fingerprint density at radius 3 is 1.55 bits per heavy atom. The van der Waals surface area contributed by atoms with E-state index < -0.39 is 154 Å². The molecule has 0 spiro atoms. The SMILES string of the molecule is CC(=O)N[C@@H](CO)[C@@H](O[C@]1(C(=O)O)C[C@H](O)[C@@H](O)[C@H]([C@H](O)[C@H](O)CO)O1)[C@@H](O)[C@H](O)CO[C@]1(C(=O)O)C[C@H](O)[C@@H](O)[C@H]([C@H](O)[C@H](O)CO)O1. The first-order valence-electron chi connectivity index (χ1n) is 14.8. The van der Waals surface area contributed by atoms with Crippen LogP contribution in [-0.4, -0.2) is 218 Å². The Bertz CT molecular complexity index is 1100. The number of carbonyl (C=O) groups excluding carboxylic acids is 1. The number of amides is 1. The average molecular weight is 724 g/mol. The van der Waals surface area contributed by atoms with Crippen molar-refractivity contribution in [2.24, 2.45) is 0 Å². The zero-order valence-electron chi connectivity index (χ0n) is 25.9. The van der Waals surface area contributed by atoms with Gasteiger partial charge in [-0.15, -0.1) is 0 Å². The van der Waals surface area contributed by atoms with Crippen molar-refractivity contribution in [2.75, 3.05) is 26.4 Å². The summed E-state index contributed by atoms with van der Waals surface area (Å²) < 4.78 is 21.1. The van der Waals surface area contributed by atoms with E-state index in [1.165, 1.54) is 0 Å². The second-order valence-electron chi connectivity index (χ2n) is 11.7. The van der Waals surface area contributed by atoms with Crippen LogP contribution >= 0.6 is 0 Å². The molecule has 23 nitrogen and oxygen atoms in total. The Labute approximate surface area is 276 Å². The van der Waals surface area contributed by atoms with E-state index in [0.717, 1.165) is 6.92 Å². The number of carbonyl (C=O) groups is 3. The summed E-state index contributed by atoms with van der Waals surface area (Å²) in [4.78, 5) is 36.7. The second-order valence-corrected chi connectivity index (χ2v) is 11.7. The number of carboxylic acid groups (broad SMARTS) is 2. The molecule has 0 aromatic rings. The van der Waals surface area contributed by atoms with Gasteiger partial charge in [0.1, 0.15) is 67.1 Å². The summed E-state index contributed by atoms with van der Waals surface area (Å²) >= 11 is 0. The smallest absolute Gasteiger partial charge is 0.364 e. The number of aliphatic hydroxyl groups excluding tert-OH is 13. The summed E-state index contributed by atoms with van der Waals surface area (Å²) in [5, 5.41) is 154. The zero-order valence-corrected chi connectivity index (χ0v) is 25.9. The van der Waals surface area contributed by atoms with Crippen LogP contribution in [0.15, 0.2) is 0 Å². The van der Waals surface area contributed by atoms with E-state index >= 15 is 0 Å². The summed E-state index contributed by atoms with van der Waals surface area (Å²) in [5.41, 5.74) is 0. The minimum Gasteiger partial charge on any atom is -0.477 e. The van der Waals surface area contributed by atoms with Gasteiger partial charge in [0.15, 0.2) is 0 Å². The van der Waals surface area contributed by atoms with Crippen LogP contribution in [-0.2, 0) is 33.3 Å². The van der Waals surface area contributed by atoms with Gasteiger partial charge in [0, 0.05) is 19.8 Å². The highest BCUT2D eigenvalue weighted by Gasteiger charge is 2.58. The molecule has 16 atom stereocenters. The molecule has 0 unspecified atom stereocenters. The van der Waals surface area contributed by atoms with Gasteiger partial charge in [-0.2, -0.15) is 0 Å². The lowest BCUT2D eigenvalue weighted by Gasteiger charge is -2.47. The lowest BCUT2D eigenvalue weighted by Crippen LogP contribution is -2.67. The van der Waals surface area contributed by atoms with E-state index in [0.29, 0.717) is 0 Å². The summed E-state index contributed by atoms with van der Waals surface area (Å²) in [5.74, 6) is -11.2. The lowest BCUT2D eigenvalue weighted by molar-refractivity contribution is -0.350. The van der Waals surface area contributed by atoms with Crippen molar-refractivity contribution in [1.29, 1.82) is 0 Å². The molecule has 1 amide bonds. The van der Waals surface area contributed by atoms with Gasteiger partial charge in [-0.05, 0) is 0 Å². The van der Waals surface area contributed by atoms with Crippen LogP contribution in [0.4, 0.5) is 0 Å². The first kappa shape index (κ1) is 42.9. The highest BCUT2D eigenvalue weighted by molar-refractivity contribution is 5.76. The van der Waals surface area contributed by atoms with Crippen molar-refractivity contribution in [3.05, 3.63) is 0 Å².